The van der Waals surface area contributed by atoms with Gasteiger partial charge in [-0.25, -0.2) is 0 Å². The topological polar surface area (TPSA) is 139 Å². The van der Waals surface area contributed by atoms with Gasteiger partial charge in [0.2, 0.25) is 5.91 Å². The lowest BCUT2D eigenvalue weighted by Gasteiger charge is -2.72. The maximum absolute atomic E-state index is 14.4. The van der Waals surface area contributed by atoms with Crippen LogP contribution >= 0.6 is 11.6 Å². The van der Waals surface area contributed by atoms with Crippen LogP contribution in [0.1, 0.15) is 151 Å². The molecule has 0 bridgehead atoms. The molecule has 9 nitrogen and oxygen atoms in total. The van der Waals surface area contributed by atoms with Crippen molar-refractivity contribution >= 4 is 41.1 Å². The summed E-state index contributed by atoms with van der Waals surface area (Å²) in [5, 5.41) is 16.6. The van der Waals surface area contributed by atoms with Crippen molar-refractivity contribution in [2.75, 3.05) is 0 Å². The Morgan fingerprint density at radius 2 is 1.48 bits per heavy atom. The first-order chi connectivity index (χ1) is 26.8. The summed E-state index contributed by atoms with van der Waals surface area (Å²) in [6.07, 6.45) is 7.65. The van der Waals surface area contributed by atoms with Crippen molar-refractivity contribution in [3.8, 4) is 0 Å². The summed E-state index contributed by atoms with van der Waals surface area (Å²) in [6.45, 7) is 23.5. The number of halogens is 1. The molecule has 10 heteroatoms. The molecule has 6 aliphatic rings. The Bertz CT molecular complexity index is 1950. The summed E-state index contributed by atoms with van der Waals surface area (Å²) >= 11 is 6.05. The van der Waals surface area contributed by atoms with Crippen LogP contribution in [0.3, 0.4) is 0 Å². The van der Waals surface area contributed by atoms with Crippen LogP contribution in [0.5, 0.6) is 0 Å². The van der Waals surface area contributed by atoms with Gasteiger partial charge >= 0.3 is 11.9 Å². The van der Waals surface area contributed by atoms with Gasteiger partial charge in [0.05, 0.1) is 17.4 Å². The molecule has 3 N–H and O–H groups in total. The molecule has 58 heavy (non-hydrogen) atoms. The number of esters is 1. The normalized spacial score (nSPS) is 38.7. The van der Waals surface area contributed by atoms with Gasteiger partial charge in [-0.3, -0.25) is 24.0 Å². The Balaban J connectivity index is 1.13. The summed E-state index contributed by atoms with van der Waals surface area (Å²) in [5.41, 5.74) is -0.601. The highest BCUT2D eigenvalue weighted by Gasteiger charge is 2.71. The van der Waals surface area contributed by atoms with E-state index in [2.05, 4.69) is 59.1 Å². The minimum atomic E-state index is -1.24. The number of allylic oxidation sites excluding steroid dienone is 1. The fraction of sp³-hybridized carbons (Fsp3) is 0.729. The average molecular weight is 820 g/mol. The molecule has 318 valence electrons. The minimum absolute atomic E-state index is 0.0133. The minimum Gasteiger partial charge on any atom is -0.481 e. The number of carbonyl (C=O) groups excluding carboxylic acids is 4. The molecule has 10 atom stereocenters. The highest BCUT2D eigenvalue weighted by molar-refractivity contribution is 6.30. The smallest absolute Gasteiger partial charge is 0.309 e. The summed E-state index contributed by atoms with van der Waals surface area (Å²) in [4.78, 5) is 67.2. The maximum atomic E-state index is 14.4. The second-order valence-corrected chi connectivity index (χ2v) is 22.5. The van der Waals surface area contributed by atoms with Crippen LogP contribution in [0.2, 0.25) is 5.02 Å². The predicted molar refractivity (Wildman–Crippen MR) is 224 cm³/mol. The third kappa shape index (κ3) is 6.23. The van der Waals surface area contributed by atoms with Crippen molar-refractivity contribution in [1.29, 1.82) is 0 Å². The van der Waals surface area contributed by atoms with Gasteiger partial charge in [-0.1, -0.05) is 73.9 Å². The third-order valence-electron chi connectivity index (χ3n) is 17.9. The second kappa shape index (κ2) is 13.9. The lowest BCUT2D eigenvalue weighted by atomic mass is 9.33. The molecule has 0 spiro atoms. The maximum Gasteiger partial charge on any atom is 0.309 e. The molecule has 5 saturated carbocycles. The molecule has 1 aromatic rings. The Kier molecular flexibility index (Phi) is 10.3. The van der Waals surface area contributed by atoms with E-state index in [0.29, 0.717) is 35.3 Å². The highest BCUT2D eigenvalue weighted by Crippen LogP contribution is 2.76. The van der Waals surface area contributed by atoms with Crippen molar-refractivity contribution in [2.45, 2.75) is 158 Å². The fourth-order valence-corrected chi connectivity index (χ4v) is 14.4. The number of Topliss-reactive ketones (excluding diaryl/α,β-unsaturated/α-hetero) is 1. The number of benzene rings is 1. The van der Waals surface area contributed by atoms with Crippen molar-refractivity contribution in [2.24, 2.45) is 62.6 Å². The van der Waals surface area contributed by atoms with Crippen LogP contribution < -0.4 is 10.6 Å². The molecule has 0 radical (unpaired) electrons. The molecule has 2 amide bonds. The molecule has 1 aromatic carbocycles. The molecule has 1 unspecified atom stereocenters. The van der Waals surface area contributed by atoms with Gasteiger partial charge in [0.15, 0.2) is 5.78 Å². The van der Waals surface area contributed by atoms with Crippen LogP contribution in [-0.4, -0.2) is 51.8 Å². The number of aliphatic carboxylic acids is 1. The molecular formula is C48H67ClN2O7. The first kappa shape index (κ1) is 42.9. The first-order valence-electron chi connectivity index (χ1n) is 21.9. The number of nitrogens with one attached hydrogen (secondary N) is 2. The zero-order chi connectivity index (χ0) is 42.8. The van der Waals surface area contributed by atoms with Crippen molar-refractivity contribution in [1.82, 2.24) is 10.6 Å². The number of ether oxygens (including phenoxy) is 1. The van der Waals surface area contributed by atoms with E-state index in [-0.39, 0.29) is 69.6 Å². The lowest BCUT2D eigenvalue weighted by molar-refractivity contribution is -0.235. The first-order valence-corrected chi connectivity index (χ1v) is 22.3. The Hall–Kier alpha value is -3.20. The van der Waals surface area contributed by atoms with E-state index in [4.69, 9.17) is 16.3 Å². The summed E-state index contributed by atoms with van der Waals surface area (Å²) in [7, 11) is 0. The lowest BCUT2D eigenvalue weighted by Crippen LogP contribution is -2.68. The Labute approximate surface area is 350 Å². The van der Waals surface area contributed by atoms with Gasteiger partial charge in [-0.15, -0.1) is 0 Å². The van der Waals surface area contributed by atoms with E-state index in [1.165, 1.54) is 0 Å². The van der Waals surface area contributed by atoms with Crippen molar-refractivity contribution in [3.63, 3.8) is 0 Å². The quantitative estimate of drug-likeness (QED) is 0.222. The van der Waals surface area contributed by atoms with Gasteiger partial charge in [-0.2, -0.15) is 0 Å². The van der Waals surface area contributed by atoms with Crippen LogP contribution in [-0.2, 0) is 23.9 Å². The number of carboxylic acid groups (broad SMARTS) is 1. The summed E-state index contributed by atoms with van der Waals surface area (Å²) < 4.78 is 6.41. The number of carboxylic acids is 1. The zero-order valence-electron chi connectivity index (χ0n) is 36.7. The van der Waals surface area contributed by atoms with Crippen LogP contribution in [0.4, 0.5) is 0 Å². The van der Waals surface area contributed by atoms with Crippen LogP contribution in [0.25, 0.3) is 0 Å². The summed E-state index contributed by atoms with van der Waals surface area (Å²) in [6, 6.07) is 6.58. The van der Waals surface area contributed by atoms with Crippen LogP contribution in [0, 0.1) is 62.6 Å². The van der Waals surface area contributed by atoms with Crippen LogP contribution in [0.15, 0.2) is 35.4 Å². The second-order valence-electron chi connectivity index (χ2n) is 22.1. The number of ketones is 1. The highest BCUT2D eigenvalue weighted by atomic mass is 35.5. The fourth-order valence-electron chi connectivity index (χ4n) is 14.3. The molecule has 0 aliphatic heterocycles. The van der Waals surface area contributed by atoms with Gasteiger partial charge in [0.1, 0.15) is 11.6 Å². The number of carbonyl (C=O) groups is 5. The Morgan fingerprint density at radius 3 is 2.09 bits per heavy atom. The number of hydrogen-bond donors (Lipinski definition) is 3. The van der Waals surface area contributed by atoms with Gasteiger partial charge < -0.3 is 20.5 Å². The zero-order valence-corrected chi connectivity index (χ0v) is 37.5. The Morgan fingerprint density at radius 1 is 0.828 bits per heavy atom. The number of fused-ring (bicyclic) bond motifs is 7. The molecule has 0 heterocycles. The molecule has 0 saturated heterocycles. The largest absolute Gasteiger partial charge is 0.481 e. The van der Waals surface area contributed by atoms with Crippen molar-refractivity contribution in [3.05, 3.63) is 46.0 Å². The standard InChI is InChI=1S/C48H67ClN2O7/c1-26(2)36-32(52)25-48(51-41(57)44(7,8)50-38(53)27-12-14-28(49)15-13-27)23-22-46(10)29(37(36)48)16-17-34-45(9)20-19-35(43(5,6)33(45)18-21-47(34,46)11)58-40(56)31-24-30(39(54)55)42(31,3)4/h12-15,26,29-31,33-35H,16-25H2,1-11H3,(H,50,53)(H,51,57)(H,54,55)/t29-,30+,31?,33+,34-,35+,45+,46-,47-,48-/m1/s1. The monoisotopic (exact) mass is 818 g/mol. The van der Waals surface area contributed by atoms with E-state index in [0.717, 1.165) is 56.1 Å². The van der Waals surface area contributed by atoms with Gasteiger partial charge in [0.25, 0.3) is 5.91 Å². The van der Waals surface area contributed by atoms with E-state index >= 15 is 0 Å². The molecule has 6 aliphatic carbocycles. The van der Waals surface area contributed by atoms with E-state index in [9.17, 15) is 29.1 Å². The molecule has 7 rings (SSSR count). The number of rotatable bonds is 8. The third-order valence-corrected chi connectivity index (χ3v) is 18.2. The predicted octanol–water partition coefficient (Wildman–Crippen LogP) is 9.36. The molecule has 0 aromatic heterocycles. The number of amides is 2. The molecule has 5 fully saturated rings. The average Bonchev–Trinajstić information content (AvgIpc) is 3.41. The SMILES string of the molecule is CC(C)C1=C2[C@H]3CC[C@@H]4[C@@]5(C)CC[C@H](OC(=O)C6C[C@@H](C(=O)O)C6(C)C)C(C)(C)[C@@H]5CC[C@@]4(C)[C@]3(C)CC[C@@]2(NC(=O)C(C)(C)NC(=O)c2ccc(Cl)cc2)CC1=O. The number of hydrogen-bond acceptors (Lipinski definition) is 6. The van der Waals surface area contributed by atoms with E-state index < -0.39 is 34.3 Å². The summed E-state index contributed by atoms with van der Waals surface area (Å²) in [5.74, 6) is -1.66. The van der Waals surface area contributed by atoms with E-state index in [1.54, 1.807) is 38.1 Å². The van der Waals surface area contributed by atoms with Gasteiger partial charge in [0, 0.05) is 22.4 Å². The molecular weight excluding hydrogens is 752 g/mol. The van der Waals surface area contributed by atoms with E-state index in [1.807, 2.05) is 13.8 Å². The van der Waals surface area contributed by atoms with Crippen molar-refractivity contribution < 1.29 is 33.8 Å². The van der Waals surface area contributed by atoms with Gasteiger partial charge in [-0.05, 0) is 152 Å².